The zero-order valence-corrected chi connectivity index (χ0v) is 14.4. The molecule has 1 unspecified atom stereocenters. The first-order chi connectivity index (χ1) is 11.0. The summed E-state index contributed by atoms with van der Waals surface area (Å²) in [7, 11) is 0. The summed E-state index contributed by atoms with van der Waals surface area (Å²) in [6, 6.07) is 2.43. The van der Waals surface area contributed by atoms with Gasteiger partial charge in [0, 0.05) is 31.1 Å². The van der Waals surface area contributed by atoms with E-state index in [1.54, 1.807) is 0 Å². The molecule has 0 saturated heterocycles. The maximum absolute atomic E-state index is 11.9. The lowest BCUT2D eigenvalue weighted by atomic mass is 10.2. The SMILES string of the molecule is Cc1cc(C)n(C(C)CNC(=O)CCC(=O)NC2CCCC2)n1. The molecule has 1 aliphatic carbocycles. The third-order valence-electron chi connectivity index (χ3n) is 4.36. The van der Waals surface area contributed by atoms with Crippen molar-refractivity contribution in [2.45, 2.75) is 71.4 Å². The average molecular weight is 320 g/mol. The van der Waals surface area contributed by atoms with Crippen LogP contribution in [0, 0.1) is 13.8 Å². The van der Waals surface area contributed by atoms with E-state index in [1.807, 2.05) is 31.5 Å². The molecule has 2 rings (SSSR count). The number of hydrogen-bond acceptors (Lipinski definition) is 3. The molecule has 6 nitrogen and oxygen atoms in total. The number of aryl methyl sites for hydroxylation is 2. The molecule has 0 bridgehead atoms. The molecule has 1 atom stereocenters. The van der Waals surface area contributed by atoms with Crippen molar-refractivity contribution in [3.63, 3.8) is 0 Å². The number of carbonyl (C=O) groups excluding carboxylic acids is 2. The van der Waals surface area contributed by atoms with Gasteiger partial charge in [-0.05, 0) is 39.7 Å². The zero-order chi connectivity index (χ0) is 16.8. The van der Waals surface area contributed by atoms with E-state index >= 15 is 0 Å². The van der Waals surface area contributed by atoms with Crippen LogP contribution < -0.4 is 10.6 Å². The number of hydrogen-bond donors (Lipinski definition) is 2. The Bertz CT molecular complexity index is 547. The van der Waals surface area contributed by atoms with Gasteiger partial charge in [-0.1, -0.05) is 12.8 Å². The lowest BCUT2D eigenvalue weighted by Gasteiger charge is -2.15. The predicted octanol–water partition coefficient (Wildman–Crippen LogP) is 2.02. The summed E-state index contributed by atoms with van der Waals surface area (Å²) in [6.45, 7) is 6.50. The van der Waals surface area contributed by atoms with Crippen LogP contribution in [0.4, 0.5) is 0 Å². The van der Waals surface area contributed by atoms with Crippen LogP contribution in [0.25, 0.3) is 0 Å². The Kier molecular flexibility index (Phi) is 6.19. The second kappa shape index (κ2) is 8.13. The fourth-order valence-corrected chi connectivity index (χ4v) is 3.13. The number of nitrogens with one attached hydrogen (secondary N) is 2. The second-order valence-electron chi connectivity index (χ2n) is 6.57. The highest BCUT2D eigenvalue weighted by Crippen LogP contribution is 2.17. The lowest BCUT2D eigenvalue weighted by Crippen LogP contribution is -2.34. The molecule has 23 heavy (non-hydrogen) atoms. The minimum absolute atomic E-state index is 0.0151. The van der Waals surface area contributed by atoms with Crippen LogP contribution >= 0.6 is 0 Å². The van der Waals surface area contributed by atoms with Crippen molar-refractivity contribution in [3.05, 3.63) is 17.5 Å². The van der Waals surface area contributed by atoms with Crippen LogP contribution in [-0.4, -0.2) is 34.2 Å². The van der Waals surface area contributed by atoms with E-state index in [-0.39, 0.29) is 30.7 Å². The van der Waals surface area contributed by atoms with E-state index < -0.39 is 0 Å². The first-order valence-electron chi connectivity index (χ1n) is 8.54. The molecule has 0 radical (unpaired) electrons. The Hall–Kier alpha value is -1.85. The van der Waals surface area contributed by atoms with Gasteiger partial charge in [-0.15, -0.1) is 0 Å². The van der Waals surface area contributed by atoms with Crippen molar-refractivity contribution in [2.75, 3.05) is 6.54 Å². The number of amides is 2. The number of aromatic nitrogens is 2. The van der Waals surface area contributed by atoms with Gasteiger partial charge >= 0.3 is 0 Å². The highest BCUT2D eigenvalue weighted by Gasteiger charge is 2.17. The predicted molar refractivity (Wildman–Crippen MR) is 89.1 cm³/mol. The first kappa shape index (κ1) is 17.5. The molecule has 2 N–H and O–H groups in total. The Balaban J connectivity index is 1.66. The summed E-state index contributed by atoms with van der Waals surface area (Å²) in [4.78, 5) is 23.7. The molecule has 1 aromatic heterocycles. The van der Waals surface area contributed by atoms with Gasteiger partial charge in [0.1, 0.15) is 0 Å². The van der Waals surface area contributed by atoms with Crippen LogP contribution in [-0.2, 0) is 9.59 Å². The topological polar surface area (TPSA) is 76.0 Å². The van der Waals surface area contributed by atoms with E-state index in [4.69, 9.17) is 0 Å². The summed E-state index contributed by atoms with van der Waals surface area (Å²) < 4.78 is 1.92. The van der Waals surface area contributed by atoms with Crippen molar-refractivity contribution in [3.8, 4) is 0 Å². The fraction of sp³-hybridized carbons (Fsp3) is 0.706. The highest BCUT2D eigenvalue weighted by atomic mass is 16.2. The summed E-state index contributed by atoms with van der Waals surface area (Å²) in [5.41, 5.74) is 2.06. The average Bonchev–Trinajstić information content (AvgIpc) is 3.12. The summed E-state index contributed by atoms with van der Waals surface area (Å²) in [5.74, 6) is -0.0985. The van der Waals surface area contributed by atoms with E-state index in [9.17, 15) is 9.59 Å². The van der Waals surface area contributed by atoms with Crippen molar-refractivity contribution < 1.29 is 9.59 Å². The van der Waals surface area contributed by atoms with Gasteiger partial charge in [0.2, 0.25) is 11.8 Å². The van der Waals surface area contributed by atoms with E-state index in [0.29, 0.717) is 12.6 Å². The molecule has 128 valence electrons. The standard InChI is InChI=1S/C17H28N4O2/c1-12-10-13(2)21(20-12)14(3)11-18-16(22)8-9-17(23)19-15-6-4-5-7-15/h10,14-15H,4-9,11H2,1-3H3,(H,18,22)(H,19,23). The summed E-state index contributed by atoms with van der Waals surface area (Å²) in [6.07, 6.45) is 5.01. The number of carbonyl (C=O) groups is 2. The molecular weight excluding hydrogens is 292 g/mol. The van der Waals surface area contributed by atoms with Gasteiger partial charge in [0.25, 0.3) is 0 Å². The van der Waals surface area contributed by atoms with Gasteiger partial charge < -0.3 is 10.6 Å². The molecule has 2 amide bonds. The Morgan fingerprint density at radius 3 is 2.52 bits per heavy atom. The number of rotatable bonds is 7. The van der Waals surface area contributed by atoms with E-state index in [2.05, 4.69) is 15.7 Å². The molecule has 0 aromatic carbocycles. The number of nitrogens with zero attached hydrogens (tertiary/aromatic N) is 2. The van der Waals surface area contributed by atoms with Crippen molar-refractivity contribution in [1.29, 1.82) is 0 Å². The highest BCUT2D eigenvalue weighted by molar-refractivity contribution is 5.83. The van der Waals surface area contributed by atoms with Crippen molar-refractivity contribution in [2.24, 2.45) is 0 Å². The minimum atomic E-state index is -0.0834. The van der Waals surface area contributed by atoms with Crippen LogP contribution in [0.5, 0.6) is 0 Å². The van der Waals surface area contributed by atoms with Gasteiger partial charge in [-0.25, -0.2) is 0 Å². The molecule has 1 aliphatic rings. The van der Waals surface area contributed by atoms with Gasteiger partial charge in [0.05, 0.1) is 11.7 Å². The van der Waals surface area contributed by atoms with E-state index in [0.717, 1.165) is 24.2 Å². The lowest BCUT2D eigenvalue weighted by molar-refractivity contribution is -0.126. The molecule has 6 heteroatoms. The largest absolute Gasteiger partial charge is 0.354 e. The molecule has 1 fully saturated rings. The molecule has 0 aliphatic heterocycles. The van der Waals surface area contributed by atoms with Crippen LogP contribution in [0.15, 0.2) is 6.07 Å². The van der Waals surface area contributed by atoms with Gasteiger partial charge in [-0.3, -0.25) is 14.3 Å². The van der Waals surface area contributed by atoms with Gasteiger partial charge in [0.15, 0.2) is 0 Å². The van der Waals surface area contributed by atoms with Crippen molar-refractivity contribution in [1.82, 2.24) is 20.4 Å². The fourth-order valence-electron chi connectivity index (χ4n) is 3.13. The molecule has 1 heterocycles. The second-order valence-corrected chi connectivity index (χ2v) is 6.57. The Morgan fingerprint density at radius 1 is 1.26 bits per heavy atom. The third kappa shape index (κ3) is 5.37. The monoisotopic (exact) mass is 320 g/mol. The van der Waals surface area contributed by atoms with Crippen LogP contribution in [0.2, 0.25) is 0 Å². The third-order valence-corrected chi connectivity index (χ3v) is 4.36. The maximum Gasteiger partial charge on any atom is 0.220 e. The Labute approximate surface area is 138 Å². The summed E-state index contributed by atoms with van der Waals surface area (Å²) in [5, 5.41) is 10.3. The van der Waals surface area contributed by atoms with Crippen LogP contribution in [0.1, 0.15) is 62.9 Å². The van der Waals surface area contributed by atoms with E-state index in [1.165, 1.54) is 12.8 Å². The molecule has 1 aromatic rings. The van der Waals surface area contributed by atoms with Crippen LogP contribution in [0.3, 0.4) is 0 Å². The van der Waals surface area contributed by atoms with Crippen molar-refractivity contribution >= 4 is 11.8 Å². The normalized spacial score (nSPS) is 16.3. The molecule has 0 spiro atoms. The molecular formula is C17H28N4O2. The summed E-state index contributed by atoms with van der Waals surface area (Å²) >= 11 is 0. The molecule has 1 saturated carbocycles. The quantitative estimate of drug-likeness (QED) is 0.807. The minimum Gasteiger partial charge on any atom is -0.354 e. The Morgan fingerprint density at radius 2 is 1.91 bits per heavy atom. The van der Waals surface area contributed by atoms with Gasteiger partial charge in [-0.2, -0.15) is 5.10 Å². The zero-order valence-electron chi connectivity index (χ0n) is 14.4. The smallest absolute Gasteiger partial charge is 0.220 e. The first-order valence-corrected chi connectivity index (χ1v) is 8.54. The maximum atomic E-state index is 11.9.